The standard InChI is InChI=1S/C41H75NO12/c1-13-15-16-17-18-42-28-19-23(4)48-37(31(28)43)51-35-25(6)33(50-30-21-38(9,47-12)34(44)27(8)49-30)26(7)41(46)52-29(14-2)40(11,45)36(54-41)24(5)32-22(3)20-39(35,10)53-32/h22-37,42-46H,13-21H2,1-12H3/t22-,23?,24-,25-,26+,27?,28?,29+,30-,31?,32?,33-,34-,35+,36+,37-,38?,39-,40+,41-/m0/s1. The van der Waals surface area contributed by atoms with Crippen molar-refractivity contribution >= 4 is 0 Å². The maximum absolute atomic E-state index is 12.6. The van der Waals surface area contributed by atoms with Gasteiger partial charge in [-0.05, 0) is 72.8 Å². The van der Waals surface area contributed by atoms with Crippen molar-refractivity contribution in [1.29, 1.82) is 0 Å². The first kappa shape index (κ1) is 44.6. The molecular weight excluding hydrogens is 698 g/mol. The van der Waals surface area contributed by atoms with Crippen molar-refractivity contribution < 1.29 is 58.3 Å². The first-order valence-electron chi connectivity index (χ1n) is 21.0. The Kier molecular flexibility index (Phi) is 14.3. The summed E-state index contributed by atoms with van der Waals surface area (Å²) in [5.74, 6) is -3.90. The van der Waals surface area contributed by atoms with Crippen LogP contribution in [0.5, 0.6) is 0 Å². The number of ether oxygens (including phenoxy) is 8. The maximum atomic E-state index is 12.6. The molecule has 5 rings (SSSR count). The quantitative estimate of drug-likeness (QED) is 0.178. The molecule has 13 nitrogen and oxygen atoms in total. The van der Waals surface area contributed by atoms with E-state index in [1.54, 1.807) is 21.0 Å². The Hall–Kier alpha value is -0.520. The third kappa shape index (κ3) is 8.74. The van der Waals surface area contributed by atoms with Crippen molar-refractivity contribution in [3.63, 3.8) is 0 Å². The van der Waals surface area contributed by atoms with Crippen LogP contribution in [0.25, 0.3) is 0 Å². The summed E-state index contributed by atoms with van der Waals surface area (Å²) >= 11 is 0. The highest BCUT2D eigenvalue weighted by atomic mass is 16.8. The van der Waals surface area contributed by atoms with Gasteiger partial charge < -0.3 is 63.6 Å². The van der Waals surface area contributed by atoms with E-state index in [4.69, 9.17) is 37.9 Å². The van der Waals surface area contributed by atoms with Crippen molar-refractivity contribution in [1.82, 2.24) is 5.32 Å². The lowest BCUT2D eigenvalue weighted by Crippen LogP contribution is -2.69. The van der Waals surface area contributed by atoms with Gasteiger partial charge in [0.25, 0.3) is 5.97 Å². The lowest BCUT2D eigenvalue weighted by molar-refractivity contribution is -0.481. The first-order chi connectivity index (χ1) is 25.2. The Labute approximate surface area is 324 Å². The molecule has 54 heavy (non-hydrogen) atoms. The molecule has 13 heteroatoms. The summed E-state index contributed by atoms with van der Waals surface area (Å²) in [6.07, 6.45) is -1.60. The van der Waals surface area contributed by atoms with E-state index < -0.39 is 89.9 Å². The summed E-state index contributed by atoms with van der Waals surface area (Å²) in [4.78, 5) is 0. The third-order valence-electron chi connectivity index (χ3n) is 13.7. The van der Waals surface area contributed by atoms with Gasteiger partial charge in [-0.3, -0.25) is 0 Å². The van der Waals surface area contributed by atoms with E-state index in [-0.39, 0.29) is 36.5 Å². The van der Waals surface area contributed by atoms with Crippen LogP contribution in [0.4, 0.5) is 0 Å². The van der Waals surface area contributed by atoms with Crippen molar-refractivity contribution in [3.05, 3.63) is 0 Å². The zero-order valence-electron chi connectivity index (χ0n) is 35.2. The summed E-state index contributed by atoms with van der Waals surface area (Å²) in [6, 6.07) is -0.223. The topological polar surface area (TPSA) is 167 Å². The van der Waals surface area contributed by atoms with Gasteiger partial charge in [-0.25, -0.2) is 0 Å². The normalized spacial score (nSPS) is 52.9. The molecule has 5 aliphatic rings. The molecule has 5 aliphatic heterocycles. The fourth-order valence-electron chi connectivity index (χ4n) is 10.4. The minimum absolute atomic E-state index is 0.0232. The van der Waals surface area contributed by atoms with Gasteiger partial charge in [-0.1, -0.05) is 60.8 Å². The van der Waals surface area contributed by atoms with E-state index >= 15 is 0 Å². The molecule has 0 aromatic carbocycles. The van der Waals surface area contributed by atoms with E-state index in [0.717, 1.165) is 25.8 Å². The predicted molar refractivity (Wildman–Crippen MR) is 201 cm³/mol. The zero-order valence-corrected chi connectivity index (χ0v) is 35.2. The molecule has 5 saturated heterocycles. The van der Waals surface area contributed by atoms with Crippen LogP contribution in [0.3, 0.4) is 0 Å². The smallest absolute Gasteiger partial charge is 0.286 e. The molecule has 0 saturated carbocycles. The summed E-state index contributed by atoms with van der Waals surface area (Å²) in [5, 5.41) is 51.0. The maximum Gasteiger partial charge on any atom is 0.286 e. The molecule has 4 bridgehead atoms. The number of hydrogen-bond donors (Lipinski definition) is 5. The number of hydrogen-bond acceptors (Lipinski definition) is 13. The van der Waals surface area contributed by atoms with E-state index in [1.807, 2.05) is 48.5 Å². The van der Waals surface area contributed by atoms with E-state index in [2.05, 4.69) is 19.2 Å². The fourth-order valence-corrected chi connectivity index (χ4v) is 10.4. The Balaban J connectivity index is 1.56. The van der Waals surface area contributed by atoms with Crippen molar-refractivity contribution in [2.75, 3.05) is 13.7 Å². The Morgan fingerprint density at radius 1 is 0.833 bits per heavy atom. The molecule has 6 unspecified atom stereocenters. The number of fused-ring (bicyclic) bond motifs is 4. The van der Waals surface area contributed by atoms with Gasteiger partial charge in [-0.15, -0.1) is 0 Å². The van der Waals surface area contributed by atoms with Crippen LogP contribution in [0.15, 0.2) is 0 Å². The predicted octanol–water partition coefficient (Wildman–Crippen LogP) is 4.39. The van der Waals surface area contributed by atoms with E-state index in [9.17, 15) is 20.4 Å². The number of methoxy groups -OCH3 is 1. The molecule has 0 aliphatic carbocycles. The molecule has 5 heterocycles. The van der Waals surface area contributed by atoms with Crippen molar-refractivity contribution in [2.24, 2.45) is 23.7 Å². The van der Waals surface area contributed by atoms with Crippen LogP contribution in [0.1, 0.15) is 128 Å². The van der Waals surface area contributed by atoms with Gasteiger partial charge in [0.2, 0.25) is 0 Å². The number of rotatable bonds is 12. The molecule has 20 atom stereocenters. The lowest BCUT2D eigenvalue weighted by Gasteiger charge is -2.55. The minimum atomic E-state index is -2.18. The largest absolute Gasteiger partial charge is 0.387 e. The molecule has 0 aromatic heterocycles. The molecule has 5 fully saturated rings. The number of nitrogens with one attached hydrogen (secondary N) is 1. The van der Waals surface area contributed by atoms with Gasteiger partial charge in [0.15, 0.2) is 12.6 Å². The van der Waals surface area contributed by atoms with Crippen LogP contribution in [-0.2, 0) is 37.9 Å². The first-order valence-corrected chi connectivity index (χ1v) is 21.0. The molecule has 0 radical (unpaired) electrons. The highest BCUT2D eigenvalue weighted by Gasteiger charge is 2.64. The average Bonchev–Trinajstić information content (AvgIpc) is 3.43. The highest BCUT2D eigenvalue weighted by molar-refractivity contribution is 5.07. The van der Waals surface area contributed by atoms with Crippen LogP contribution in [0.2, 0.25) is 0 Å². The molecule has 5 N–H and O–H groups in total. The van der Waals surface area contributed by atoms with E-state index in [1.165, 1.54) is 6.42 Å². The molecular formula is C41H75NO12. The van der Waals surface area contributed by atoms with Gasteiger partial charge in [-0.2, -0.15) is 0 Å². The number of unbranched alkanes of at least 4 members (excludes halogenated alkanes) is 3. The fraction of sp³-hybridized carbons (Fsp3) is 1.00. The Bertz CT molecular complexity index is 1210. The highest BCUT2D eigenvalue weighted by Crippen LogP contribution is 2.52. The second-order valence-electron chi connectivity index (χ2n) is 18.2. The second-order valence-corrected chi connectivity index (χ2v) is 18.2. The van der Waals surface area contributed by atoms with Crippen LogP contribution in [-0.4, -0.2) is 130 Å². The monoisotopic (exact) mass is 774 g/mol. The number of aliphatic hydroxyl groups excluding tert-OH is 2. The van der Waals surface area contributed by atoms with Gasteiger partial charge in [0.1, 0.15) is 17.8 Å². The molecule has 316 valence electrons. The van der Waals surface area contributed by atoms with Gasteiger partial charge in [0, 0.05) is 31.4 Å². The van der Waals surface area contributed by atoms with Gasteiger partial charge >= 0.3 is 0 Å². The van der Waals surface area contributed by atoms with Crippen LogP contribution >= 0.6 is 0 Å². The van der Waals surface area contributed by atoms with Gasteiger partial charge in [0.05, 0.1) is 59.8 Å². The van der Waals surface area contributed by atoms with Crippen LogP contribution in [0, 0.1) is 23.7 Å². The molecule has 0 aromatic rings. The Morgan fingerprint density at radius 2 is 1.54 bits per heavy atom. The van der Waals surface area contributed by atoms with Crippen molar-refractivity contribution in [3.8, 4) is 0 Å². The average molecular weight is 774 g/mol. The van der Waals surface area contributed by atoms with E-state index in [0.29, 0.717) is 19.3 Å². The summed E-state index contributed by atoms with van der Waals surface area (Å²) in [7, 11) is 1.56. The molecule has 0 spiro atoms. The summed E-state index contributed by atoms with van der Waals surface area (Å²) in [5.41, 5.74) is -3.31. The molecule has 0 amide bonds. The summed E-state index contributed by atoms with van der Waals surface area (Å²) in [6.45, 7) is 22.2. The minimum Gasteiger partial charge on any atom is -0.387 e. The lowest BCUT2D eigenvalue weighted by atomic mass is 9.74. The third-order valence-corrected chi connectivity index (χ3v) is 13.7. The number of aliphatic hydroxyl groups is 4. The van der Waals surface area contributed by atoms with Crippen molar-refractivity contribution in [2.45, 2.75) is 224 Å². The second kappa shape index (κ2) is 17.4. The SMILES string of the molecule is CCCCCCNC1CC(C)O[C@@H](O[C@@H]2[C@@H](C)[C@H](O[C@H]3CC(C)(OC)[C@@H](O)C(C)O3)[C@@H](C)[C@@]3(O)O[C@H]([C@@H](C)C4O[C@@]2(C)C[C@@H]4C)[C@](C)(O)[C@@H](CC)O3)C1O. The van der Waals surface area contributed by atoms with Crippen LogP contribution < -0.4 is 5.32 Å². The summed E-state index contributed by atoms with van der Waals surface area (Å²) < 4.78 is 52.6. The Morgan fingerprint density at radius 3 is 2.19 bits per heavy atom. The zero-order chi connectivity index (χ0) is 40.0.